The molecule has 0 radical (unpaired) electrons. The molecule has 1 aliphatic rings. The second kappa shape index (κ2) is 4.45. The van der Waals surface area contributed by atoms with Crippen LogP contribution in [0, 0.1) is 11.2 Å². The summed E-state index contributed by atoms with van der Waals surface area (Å²) >= 11 is 0. The van der Waals surface area contributed by atoms with Gasteiger partial charge in [-0.1, -0.05) is 12.5 Å². The van der Waals surface area contributed by atoms with Crippen molar-refractivity contribution in [2.24, 2.45) is 11.1 Å². The number of hydrogen-bond acceptors (Lipinski definition) is 2. The lowest BCUT2D eigenvalue weighted by atomic mass is 9.68. The van der Waals surface area contributed by atoms with Crippen LogP contribution < -0.4 is 10.6 Å². The van der Waals surface area contributed by atoms with Crippen molar-refractivity contribution in [3.05, 3.63) is 30.1 Å². The van der Waals surface area contributed by atoms with Gasteiger partial charge in [0.25, 0.3) is 0 Å². The molecule has 92 valence electrons. The Morgan fingerprint density at radius 2 is 2.24 bits per heavy atom. The second-order valence-corrected chi connectivity index (χ2v) is 4.68. The molecule has 0 spiro atoms. The van der Waals surface area contributed by atoms with Gasteiger partial charge in [-0.2, -0.15) is 0 Å². The van der Waals surface area contributed by atoms with Crippen LogP contribution in [0.25, 0.3) is 0 Å². The zero-order chi connectivity index (χ0) is 12.5. The standard InChI is InChI=1S/C13H17FN2O/c1-16(11-5-2-4-10(14)8-11)12(17)13(9-15)6-3-7-13/h2,4-5,8H,3,6-7,9,15H2,1H3. The minimum Gasteiger partial charge on any atom is -0.329 e. The number of halogens is 1. The normalized spacial score (nSPS) is 17.4. The summed E-state index contributed by atoms with van der Waals surface area (Å²) < 4.78 is 13.1. The summed E-state index contributed by atoms with van der Waals surface area (Å²) in [6, 6.07) is 6.05. The molecule has 1 aliphatic carbocycles. The fraction of sp³-hybridized carbons (Fsp3) is 0.462. The third-order valence-electron chi connectivity index (χ3n) is 3.66. The van der Waals surface area contributed by atoms with Gasteiger partial charge < -0.3 is 10.6 Å². The molecule has 17 heavy (non-hydrogen) atoms. The van der Waals surface area contributed by atoms with Gasteiger partial charge in [-0.3, -0.25) is 4.79 Å². The highest BCUT2D eigenvalue weighted by Gasteiger charge is 2.44. The molecule has 1 aromatic carbocycles. The van der Waals surface area contributed by atoms with E-state index in [0.717, 1.165) is 19.3 Å². The summed E-state index contributed by atoms with van der Waals surface area (Å²) in [7, 11) is 1.67. The fourth-order valence-electron chi connectivity index (χ4n) is 2.27. The first-order valence-electron chi connectivity index (χ1n) is 5.83. The number of carbonyl (C=O) groups excluding carboxylic acids is 1. The van der Waals surface area contributed by atoms with E-state index in [1.807, 2.05) is 0 Å². The highest BCUT2D eigenvalue weighted by molar-refractivity contribution is 5.97. The molecular weight excluding hydrogens is 219 g/mol. The van der Waals surface area contributed by atoms with Crippen molar-refractivity contribution in [3.8, 4) is 0 Å². The Bertz CT molecular complexity index is 424. The number of hydrogen-bond donors (Lipinski definition) is 1. The van der Waals surface area contributed by atoms with Crippen molar-refractivity contribution >= 4 is 11.6 Å². The van der Waals surface area contributed by atoms with Gasteiger partial charge in [-0.15, -0.1) is 0 Å². The second-order valence-electron chi connectivity index (χ2n) is 4.68. The monoisotopic (exact) mass is 236 g/mol. The third kappa shape index (κ3) is 2.05. The van der Waals surface area contributed by atoms with E-state index in [1.165, 1.54) is 17.0 Å². The number of benzene rings is 1. The number of nitrogens with zero attached hydrogens (tertiary/aromatic N) is 1. The highest BCUT2D eigenvalue weighted by Crippen LogP contribution is 2.42. The smallest absolute Gasteiger partial charge is 0.234 e. The van der Waals surface area contributed by atoms with Crippen LogP contribution in [0.3, 0.4) is 0 Å². The van der Waals surface area contributed by atoms with E-state index in [4.69, 9.17) is 5.73 Å². The molecule has 3 nitrogen and oxygen atoms in total. The SMILES string of the molecule is CN(C(=O)C1(CN)CCC1)c1cccc(F)c1. The molecule has 0 heterocycles. The molecule has 1 amide bonds. The van der Waals surface area contributed by atoms with Gasteiger partial charge in [0.15, 0.2) is 0 Å². The maximum Gasteiger partial charge on any atom is 0.234 e. The van der Waals surface area contributed by atoms with Gasteiger partial charge in [0.2, 0.25) is 5.91 Å². The van der Waals surface area contributed by atoms with Crippen LogP contribution >= 0.6 is 0 Å². The van der Waals surface area contributed by atoms with Crippen LogP contribution in [-0.4, -0.2) is 19.5 Å². The average molecular weight is 236 g/mol. The molecule has 1 saturated carbocycles. The Morgan fingerprint density at radius 1 is 1.53 bits per heavy atom. The van der Waals surface area contributed by atoms with Crippen LogP contribution in [0.2, 0.25) is 0 Å². The first-order valence-corrected chi connectivity index (χ1v) is 5.83. The first-order chi connectivity index (χ1) is 8.09. The highest BCUT2D eigenvalue weighted by atomic mass is 19.1. The van der Waals surface area contributed by atoms with E-state index in [0.29, 0.717) is 12.2 Å². The van der Waals surface area contributed by atoms with Crippen LogP contribution in [0.4, 0.5) is 10.1 Å². The van der Waals surface area contributed by atoms with Gasteiger partial charge in [-0.05, 0) is 31.0 Å². The molecule has 1 aromatic rings. The van der Waals surface area contributed by atoms with E-state index in [1.54, 1.807) is 19.2 Å². The van der Waals surface area contributed by atoms with E-state index in [-0.39, 0.29) is 11.7 Å². The maximum absolute atomic E-state index is 13.1. The lowest BCUT2D eigenvalue weighted by Gasteiger charge is -2.41. The van der Waals surface area contributed by atoms with E-state index < -0.39 is 5.41 Å². The minimum atomic E-state index is -0.416. The van der Waals surface area contributed by atoms with Crippen LogP contribution in [0.5, 0.6) is 0 Å². The molecular formula is C13H17FN2O. The minimum absolute atomic E-state index is 0.00292. The Labute approximate surface area is 100 Å². The van der Waals surface area contributed by atoms with E-state index in [9.17, 15) is 9.18 Å². The molecule has 0 atom stereocenters. The fourth-order valence-corrected chi connectivity index (χ4v) is 2.27. The van der Waals surface area contributed by atoms with Crippen LogP contribution in [0.1, 0.15) is 19.3 Å². The number of nitrogens with two attached hydrogens (primary N) is 1. The molecule has 2 N–H and O–H groups in total. The predicted molar refractivity (Wildman–Crippen MR) is 65.1 cm³/mol. The number of rotatable bonds is 3. The zero-order valence-corrected chi connectivity index (χ0v) is 9.95. The van der Waals surface area contributed by atoms with Crippen molar-refractivity contribution in [2.45, 2.75) is 19.3 Å². The van der Waals surface area contributed by atoms with Gasteiger partial charge in [-0.25, -0.2) is 4.39 Å². The Kier molecular flexibility index (Phi) is 3.15. The van der Waals surface area contributed by atoms with E-state index >= 15 is 0 Å². The van der Waals surface area contributed by atoms with Crippen LogP contribution in [0.15, 0.2) is 24.3 Å². The summed E-state index contributed by atoms with van der Waals surface area (Å²) in [6.07, 6.45) is 2.71. The molecule has 2 rings (SSSR count). The summed E-state index contributed by atoms with van der Waals surface area (Å²) in [5, 5.41) is 0. The summed E-state index contributed by atoms with van der Waals surface area (Å²) in [5.41, 5.74) is 5.86. The molecule has 1 fully saturated rings. The third-order valence-corrected chi connectivity index (χ3v) is 3.66. The molecule has 0 aliphatic heterocycles. The molecule has 4 heteroatoms. The Balaban J connectivity index is 2.20. The van der Waals surface area contributed by atoms with Crippen molar-refractivity contribution < 1.29 is 9.18 Å². The first kappa shape index (κ1) is 12.0. The zero-order valence-electron chi connectivity index (χ0n) is 9.95. The topological polar surface area (TPSA) is 46.3 Å². The summed E-state index contributed by atoms with van der Waals surface area (Å²) in [5.74, 6) is -0.339. The predicted octanol–water partition coefficient (Wildman–Crippen LogP) is 1.92. The Morgan fingerprint density at radius 3 is 2.71 bits per heavy atom. The lowest BCUT2D eigenvalue weighted by Crippen LogP contribution is -2.51. The van der Waals surface area contributed by atoms with Gasteiger partial charge >= 0.3 is 0 Å². The van der Waals surface area contributed by atoms with Crippen molar-refractivity contribution in [3.63, 3.8) is 0 Å². The van der Waals surface area contributed by atoms with Crippen molar-refractivity contribution in [2.75, 3.05) is 18.5 Å². The van der Waals surface area contributed by atoms with E-state index in [2.05, 4.69) is 0 Å². The van der Waals surface area contributed by atoms with Gasteiger partial charge in [0.1, 0.15) is 5.82 Å². The number of carbonyl (C=O) groups is 1. The van der Waals surface area contributed by atoms with Crippen molar-refractivity contribution in [1.29, 1.82) is 0 Å². The molecule has 0 unspecified atom stereocenters. The van der Waals surface area contributed by atoms with Gasteiger partial charge in [0.05, 0.1) is 5.41 Å². The Hall–Kier alpha value is -1.42. The number of anilines is 1. The molecule has 0 saturated heterocycles. The quantitative estimate of drug-likeness (QED) is 0.871. The maximum atomic E-state index is 13.1. The van der Waals surface area contributed by atoms with Crippen molar-refractivity contribution in [1.82, 2.24) is 0 Å². The molecule has 0 bridgehead atoms. The lowest BCUT2D eigenvalue weighted by molar-refractivity contribution is -0.131. The van der Waals surface area contributed by atoms with Gasteiger partial charge in [0, 0.05) is 19.3 Å². The molecule has 0 aromatic heterocycles. The number of amides is 1. The van der Waals surface area contributed by atoms with Crippen LogP contribution in [-0.2, 0) is 4.79 Å². The summed E-state index contributed by atoms with van der Waals surface area (Å²) in [6.45, 7) is 0.367. The largest absolute Gasteiger partial charge is 0.329 e. The summed E-state index contributed by atoms with van der Waals surface area (Å²) in [4.78, 5) is 13.8. The average Bonchev–Trinajstić information content (AvgIpc) is 2.27.